The maximum Gasteiger partial charge on any atom is 0.309 e. The highest BCUT2D eigenvalue weighted by molar-refractivity contribution is 5.73. The Bertz CT molecular complexity index is 144. The standard InChI is InChI=1S/C8H14O3/c1-2-6-3-4-7(5-9)11-8(6)10/h6-7,9H,2-5H2,1H3/t6?,7-/m0/s1. The van der Waals surface area contributed by atoms with E-state index >= 15 is 0 Å². The van der Waals surface area contributed by atoms with Gasteiger partial charge in [-0.1, -0.05) is 6.92 Å². The Hall–Kier alpha value is -0.570. The third-order valence-electron chi connectivity index (χ3n) is 2.15. The van der Waals surface area contributed by atoms with Gasteiger partial charge in [-0.05, 0) is 19.3 Å². The van der Waals surface area contributed by atoms with Crippen LogP contribution in [0, 0.1) is 5.92 Å². The van der Waals surface area contributed by atoms with Gasteiger partial charge in [-0.2, -0.15) is 0 Å². The third-order valence-corrected chi connectivity index (χ3v) is 2.15. The van der Waals surface area contributed by atoms with Gasteiger partial charge in [-0.3, -0.25) is 4.79 Å². The average molecular weight is 158 g/mol. The predicted molar refractivity (Wildman–Crippen MR) is 40.0 cm³/mol. The van der Waals surface area contributed by atoms with E-state index in [-0.39, 0.29) is 24.6 Å². The molecule has 64 valence electrons. The zero-order valence-corrected chi connectivity index (χ0v) is 6.75. The SMILES string of the molecule is CCC1CC[C@@H](CO)OC1=O. The summed E-state index contributed by atoms with van der Waals surface area (Å²) in [6.45, 7) is 1.94. The summed E-state index contributed by atoms with van der Waals surface area (Å²) in [5.41, 5.74) is 0. The van der Waals surface area contributed by atoms with Gasteiger partial charge in [0.1, 0.15) is 6.10 Å². The van der Waals surface area contributed by atoms with Crippen LogP contribution in [-0.4, -0.2) is 23.8 Å². The zero-order chi connectivity index (χ0) is 8.27. The molecule has 0 aromatic heterocycles. The van der Waals surface area contributed by atoms with Crippen LogP contribution in [0.15, 0.2) is 0 Å². The number of aliphatic hydroxyl groups excluding tert-OH is 1. The van der Waals surface area contributed by atoms with Crippen LogP contribution in [0.2, 0.25) is 0 Å². The Kier molecular flexibility index (Phi) is 2.88. The molecule has 1 fully saturated rings. The van der Waals surface area contributed by atoms with Crippen molar-refractivity contribution in [1.82, 2.24) is 0 Å². The minimum atomic E-state index is -0.245. The van der Waals surface area contributed by atoms with E-state index in [0.717, 1.165) is 19.3 Å². The number of hydrogen-bond acceptors (Lipinski definition) is 3. The lowest BCUT2D eigenvalue weighted by Crippen LogP contribution is -2.32. The number of esters is 1. The number of cyclic esters (lactones) is 1. The molecule has 0 aliphatic carbocycles. The van der Waals surface area contributed by atoms with Gasteiger partial charge in [0.2, 0.25) is 0 Å². The first-order valence-corrected chi connectivity index (χ1v) is 4.09. The quantitative estimate of drug-likeness (QED) is 0.602. The molecule has 0 bridgehead atoms. The summed E-state index contributed by atoms with van der Waals surface area (Å²) in [6, 6.07) is 0. The smallest absolute Gasteiger partial charge is 0.309 e. The molecule has 0 radical (unpaired) electrons. The highest BCUT2D eigenvalue weighted by atomic mass is 16.6. The Morgan fingerprint density at radius 3 is 2.82 bits per heavy atom. The maximum absolute atomic E-state index is 11.1. The summed E-state index contributed by atoms with van der Waals surface area (Å²) in [6.07, 6.45) is 2.27. The molecule has 1 unspecified atom stereocenters. The van der Waals surface area contributed by atoms with Crippen molar-refractivity contribution < 1.29 is 14.6 Å². The Labute approximate surface area is 66.4 Å². The van der Waals surface area contributed by atoms with E-state index in [2.05, 4.69) is 0 Å². The topological polar surface area (TPSA) is 46.5 Å². The Balaban J connectivity index is 2.41. The van der Waals surface area contributed by atoms with Crippen LogP contribution in [-0.2, 0) is 9.53 Å². The molecule has 1 heterocycles. The summed E-state index contributed by atoms with van der Waals surface area (Å²) in [4.78, 5) is 11.1. The first kappa shape index (κ1) is 8.53. The molecular formula is C8H14O3. The number of carbonyl (C=O) groups excluding carboxylic acids is 1. The summed E-state index contributed by atoms with van der Waals surface area (Å²) in [7, 11) is 0. The second-order valence-electron chi connectivity index (χ2n) is 2.92. The van der Waals surface area contributed by atoms with E-state index in [0.29, 0.717) is 0 Å². The first-order chi connectivity index (χ1) is 5.27. The number of hydrogen-bond donors (Lipinski definition) is 1. The molecule has 0 aromatic carbocycles. The normalized spacial score (nSPS) is 31.6. The molecule has 0 saturated carbocycles. The van der Waals surface area contributed by atoms with Crippen molar-refractivity contribution in [2.24, 2.45) is 5.92 Å². The lowest BCUT2D eigenvalue weighted by Gasteiger charge is -2.25. The second-order valence-corrected chi connectivity index (χ2v) is 2.92. The van der Waals surface area contributed by atoms with Crippen LogP contribution in [0.4, 0.5) is 0 Å². The van der Waals surface area contributed by atoms with Crippen molar-refractivity contribution in [3.05, 3.63) is 0 Å². The Morgan fingerprint density at radius 1 is 1.64 bits per heavy atom. The van der Waals surface area contributed by atoms with Gasteiger partial charge in [0.05, 0.1) is 12.5 Å². The average Bonchev–Trinajstić information content (AvgIpc) is 2.04. The van der Waals surface area contributed by atoms with Crippen molar-refractivity contribution >= 4 is 5.97 Å². The van der Waals surface area contributed by atoms with Crippen LogP contribution < -0.4 is 0 Å². The van der Waals surface area contributed by atoms with Crippen LogP contribution in [0.3, 0.4) is 0 Å². The van der Waals surface area contributed by atoms with Crippen LogP contribution >= 0.6 is 0 Å². The summed E-state index contributed by atoms with van der Waals surface area (Å²) < 4.78 is 4.95. The highest BCUT2D eigenvalue weighted by Gasteiger charge is 2.27. The van der Waals surface area contributed by atoms with E-state index in [1.807, 2.05) is 6.92 Å². The minimum Gasteiger partial charge on any atom is -0.460 e. The Morgan fingerprint density at radius 2 is 2.36 bits per heavy atom. The van der Waals surface area contributed by atoms with Crippen molar-refractivity contribution in [3.63, 3.8) is 0 Å². The fourth-order valence-corrected chi connectivity index (χ4v) is 1.32. The number of rotatable bonds is 2. The first-order valence-electron chi connectivity index (χ1n) is 4.09. The summed E-state index contributed by atoms with van der Waals surface area (Å²) >= 11 is 0. The second kappa shape index (κ2) is 3.72. The van der Waals surface area contributed by atoms with Crippen molar-refractivity contribution in [2.45, 2.75) is 32.3 Å². The van der Waals surface area contributed by atoms with Crippen LogP contribution in [0.5, 0.6) is 0 Å². The van der Waals surface area contributed by atoms with E-state index in [1.165, 1.54) is 0 Å². The molecule has 1 rings (SSSR count). The molecule has 3 heteroatoms. The monoisotopic (exact) mass is 158 g/mol. The number of carbonyl (C=O) groups is 1. The van der Waals surface area contributed by atoms with Gasteiger partial charge in [-0.15, -0.1) is 0 Å². The summed E-state index contributed by atoms with van der Waals surface area (Å²) in [5.74, 6) is -0.0735. The maximum atomic E-state index is 11.1. The lowest BCUT2D eigenvalue weighted by molar-refractivity contribution is -0.162. The molecule has 0 amide bonds. The number of ether oxygens (including phenoxy) is 1. The third kappa shape index (κ3) is 1.93. The molecule has 2 atom stereocenters. The minimum absolute atomic E-state index is 0.0395. The van der Waals surface area contributed by atoms with Gasteiger partial charge in [0.25, 0.3) is 0 Å². The van der Waals surface area contributed by atoms with Gasteiger partial charge >= 0.3 is 5.97 Å². The largest absolute Gasteiger partial charge is 0.460 e. The van der Waals surface area contributed by atoms with E-state index in [9.17, 15) is 4.79 Å². The number of aliphatic hydroxyl groups is 1. The van der Waals surface area contributed by atoms with Crippen molar-refractivity contribution in [1.29, 1.82) is 0 Å². The molecule has 3 nitrogen and oxygen atoms in total. The molecule has 1 N–H and O–H groups in total. The fraction of sp³-hybridized carbons (Fsp3) is 0.875. The van der Waals surface area contributed by atoms with Gasteiger partial charge in [-0.25, -0.2) is 0 Å². The van der Waals surface area contributed by atoms with Gasteiger partial charge in [0, 0.05) is 0 Å². The lowest BCUT2D eigenvalue weighted by atomic mass is 9.96. The molecular weight excluding hydrogens is 144 g/mol. The summed E-state index contributed by atoms with van der Waals surface area (Å²) in [5, 5.41) is 8.69. The van der Waals surface area contributed by atoms with E-state index in [1.54, 1.807) is 0 Å². The molecule has 1 saturated heterocycles. The molecule has 1 aliphatic heterocycles. The molecule has 0 aromatic rings. The molecule has 11 heavy (non-hydrogen) atoms. The van der Waals surface area contributed by atoms with Crippen molar-refractivity contribution in [3.8, 4) is 0 Å². The molecule has 0 spiro atoms. The predicted octanol–water partition coefficient (Wildman–Crippen LogP) is 0.710. The van der Waals surface area contributed by atoms with E-state index in [4.69, 9.17) is 9.84 Å². The van der Waals surface area contributed by atoms with Crippen LogP contribution in [0.25, 0.3) is 0 Å². The van der Waals surface area contributed by atoms with Crippen LogP contribution in [0.1, 0.15) is 26.2 Å². The van der Waals surface area contributed by atoms with Crippen molar-refractivity contribution in [2.75, 3.05) is 6.61 Å². The van der Waals surface area contributed by atoms with E-state index < -0.39 is 0 Å². The fourth-order valence-electron chi connectivity index (χ4n) is 1.32. The highest BCUT2D eigenvalue weighted by Crippen LogP contribution is 2.22. The van der Waals surface area contributed by atoms with Gasteiger partial charge in [0.15, 0.2) is 0 Å². The van der Waals surface area contributed by atoms with Gasteiger partial charge < -0.3 is 9.84 Å². The zero-order valence-electron chi connectivity index (χ0n) is 6.75. The molecule has 1 aliphatic rings.